The highest BCUT2D eigenvalue weighted by molar-refractivity contribution is 7.18. The van der Waals surface area contributed by atoms with Gasteiger partial charge in [-0.25, -0.2) is 4.98 Å². The van der Waals surface area contributed by atoms with E-state index < -0.39 is 17.6 Å². The molecule has 2 aromatic heterocycles. The van der Waals surface area contributed by atoms with Crippen molar-refractivity contribution >= 4 is 27.5 Å². The zero-order valence-electron chi connectivity index (χ0n) is 18.2. The number of carbonyl (C=O) groups excluding carboxylic acids is 1. The molecule has 0 saturated carbocycles. The third-order valence-electron chi connectivity index (χ3n) is 5.99. The second-order valence-electron chi connectivity index (χ2n) is 8.41. The van der Waals surface area contributed by atoms with Crippen molar-refractivity contribution in [2.24, 2.45) is 0 Å². The topological polar surface area (TPSA) is 55.2 Å². The number of carbonyl (C=O) groups is 1. The fraction of sp³-hybridized carbons (Fsp3) is 0.240. The summed E-state index contributed by atoms with van der Waals surface area (Å²) in [5, 5.41) is 0.571. The highest BCUT2D eigenvalue weighted by atomic mass is 32.1. The van der Waals surface area contributed by atoms with Crippen molar-refractivity contribution in [3.8, 4) is 0 Å². The molecule has 5 nitrogen and oxygen atoms in total. The van der Waals surface area contributed by atoms with Crippen molar-refractivity contribution in [3.63, 3.8) is 0 Å². The number of hydrogen-bond acceptors (Lipinski definition) is 4. The highest BCUT2D eigenvalue weighted by Crippen LogP contribution is 2.34. The van der Waals surface area contributed by atoms with Crippen molar-refractivity contribution < 1.29 is 18.0 Å². The van der Waals surface area contributed by atoms with E-state index in [0.717, 1.165) is 33.7 Å². The maximum atomic E-state index is 13.3. The normalized spacial score (nSPS) is 13.8. The van der Waals surface area contributed by atoms with E-state index in [4.69, 9.17) is 0 Å². The molecule has 0 saturated heterocycles. The van der Waals surface area contributed by atoms with Crippen molar-refractivity contribution in [3.05, 3.63) is 97.9 Å². The maximum absolute atomic E-state index is 13.3. The lowest BCUT2D eigenvalue weighted by Gasteiger charge is -2.27. The van der Waals surface area contributed by atoms with Crippen molar-refractivity contribution in [2.45, 2.75) is 32.6 Å². The third-order valence-corrected chi connectivity index (χ3v) is 7.11. The summed E-state index contributed by atoms with van der Waals surface area (Å²) in [6.07, 6.45) is -2.52. The molecule has 1 aliphatic rings. The molecule has 5 rings (SSSR count). The van der Waals surface area contributed by atoms with E-state index in [-0.39, 0.29) is 17.7 Å². The van der Waals surface area contributed by atoms with Gasteiger partial charge < -0.3 is 4.90 Å². The number of fused-ring (bicyclic) bond motifs is 3. The summed E-state index contributed by atoms with van der Waals surface area (Å²) in [5.41, 5.74) is 2.02. The van der Waals surface area contributed by atoms with Gasteiger partial charge in [0.1, 0.15) is 4.83 Å². The van der Waals surface area contributed by atoms with Crippen LogP contribution in [0.2, 0.25) is 0 Å². The molecule has 1 aliphatic heterocycles. The van der Waals surface area contributed by atoms with Crippen LogP contribution >= 0.6 is 11.3 Å². The summed E-state index contributed by atoms with van der Waals surface area (Å²) in [6, 6.07) is 12.4. The van der Waals surface area contributed by atoms with Crippen molar-refractivity contribution in [2.75, 3.05) is 6.54 Å². The van der Waals surface area contributed by atoms with Gasteiger partial charge in [0.15, 0.2) is 0 Å². The first kappa shape index (κ1) is 22.3. The van der Waals surface area contributed by atoms with E-state index in [0.29, 0.717) is 29.7 Å². The van der Waals surface area contributed by atoms with Gasteiger partial charge in [-0.05, 0) is 42.7 Å². The molecule has 2 aromatic carbocycles. The standard InChI is InChI=1S/C25H20F3N3O2S/c1-15-4-2-5-16(10-15)12-31-14-29-22-21(24(31)33)19-8-9-30(13-20(19)34-22)23(32)17-6-3-7-18(11-17)25(26,27)28/h2-7,10-11,14H,8-9,12-13H2,1H3. The van der Waals surface area contributed by atoms with Crippen molar-refractivity contribution in [1.29, 1.82) is 0 Å². The number of aromatic nitrogens is 2. The lowest BCUT2D eigenvalue weighted by atomic mass is 10.0. The van der Waals surface area contributed by atoms with E-state index in [1.807, 2.05) is 31.2 Å². The Morgan fingerprint density at radius 1 is 1.15 bits per heavy atom. The summed E-state index contributed by atoms with van der Waals surface area (Å²) in [7, 11) is 0. The smallest absolute Gasteiger partial charge is 0.333 e. The minimum absolute atomic E-state index is 0.00183. The van der Waals surface area contributed by atoms with Gasteiger partial charge in [-0.15, -0.1) is 11.3 Å². The molecule has 34 heavy (non-hydrogen) atoms. The van der Waals surface area contributed by atoms with Gasteiger partial charge >= 0.3 is 6.18 Å². The molecule has 0 atom stereocenters. The van der Waals surface area contributed by atoms with Gasteiger partial charge in [0, 0.05) is 17.0 Å². The van der Waals surface area contributed by atoms with Gasteiger partial charge in [-0.2, -0.15) is 13.2 Å². The Labute approximate surface area is 197 Å². The molecule has 174 valence electrons. The Morgan fingerprint density at radius 3 is 2.71 bits per heavy atom. The first-order valence-electron chi connectivity index (χ1n) is 10.7. The Hall–Kier alpha value is -3.46. The molecule has 3 heterocycles. The predicted molar refractivity (Wildman–Crippen MR) is 124 cm³/mol. The Balaban J connectivity index is 1.43. The quantitative estimate of drug-likeness (QED) is 0.411. The molecular formula is C25H20F3N3O2S. The molecule has 4 aromatic rings. The molecule has 0 radical (unpaired) electrons. The van der Waals surface area contributed by atoms with Crippen LogP contribution in [0.5, 0.6) is 0 Å². The predicted octanol–water partition coefficient (Wildman–Crippen LogP) is 5.03. The first-order valence-corrected chi connectivity index (χ1v) is 11.5. The summed E-state index contributed by atoms with van der Waals surface area (Å²) in [6.45, 7) is 2.96. The van der Waals surface area contributed by atoms with Gasteiger partial charge in [-0.1, -0.05) is 35.9 Å². The number of alkyl halides is 3. The average Bonchev–Trinajstić information content (AvgIpc) is 3.18. The number of aryl methyl sites for hydroxylation is 1. The van der Waals surface area contributed by atoms with Crippen LogP contribution in [0.4, 0.5) is 13.2 Å². The van der Waals surface area contributed by atoms with Crippen molar-refractivity contribution in [1.82, 2.24) is 14.5 Å². The molecule has 0 aliphatic carbocycles. The lowest BCUT2D eigenvalue weighted by molar-refractivity contribution is -0.137. The van der Waals surface area contributed by atoms with Gasteiger partial charge in [0.2, 0.25) is 0 Å². The van der Waals surface area contributed by atoms with Gasteiger partial charge in [0.05, 0.1) is 30.4 Å². The minimum Gasteiger partial charge on any atom is -0.333 e. The van der Waals surface area contributed by atoms with Crippen LogP contribution in [0, 0.1) is 6.92 Å². The number of halogens is 3. The Kier molecular flexibility index (Phi) is 5.51. The number of benzene rings is 2. The summed E-state index contributed by atoms with van der Waals surface area (Å²) in [4.78, 5) is 33.7. The zero-order valence-corrected chi connectivity index (χ0v) is 19.0. The fourth-order valence-electron chi connectivity index (χ4n) is 4.32. The molecule has 0 spiro atoms. The van der Waals surface area contributed by atoms with E-state index in [2.05, 4.69) is 4.98 Å². The number of amides is 1. The van der Waals surface area contributed by atoms with Gasteiger partial charge in [-0.3, -0.25) is 14.2 Å². The second-order valence-corrected chi connectivity index (χ2v) is 9.49. The van der Waals surface area contributed by atoms with Crippen LogP contribution in [0.15, 0.2) is 59.7 Å². The molecule has 0 bridgehead atoms. The summed E-state index contributed by atoms with van der Waals surface area (Å²) in [5.74, 6) is -0.459. The second kappa shape index (κ2) is 8.39. The number of rotatable bonds is 3. The fourth-order valence-corrected chi connectivity index (χ4v) is 5.52. The number of thiophene rings is 1. The van der Waals surface area contributed by atoms with Crippen LogP contribution in [-0.4, -0.2) is 26.9 Å². The molecule has 1 amide bonds. The average molecular weight is 484 g/mol. The first-order chi connectivity index (χ1) is 16.2. The lowest BCUT2D eigenvalue weighted by Crippen LogP contribution is -2.35. The minimum atomic E-state index is -4.51. The van der Waals surface area contributed by atoms with E-state index in [1.165, 1.54) is 28.4 Å². The highest BCUT2D eigenvalue weighted by Gasteiger charge is 2.32. The zero-order chi connectivity index (χ0) is 24.0. The summed E-state index contributed by atoms with van der Waals surface area (Å²) < 4.78 is 40.8. The van der Waals surface area contributed by atoms with Crippen LogP contribution < -0.4 is 5.56 Å². The molecular weight excluding hydrogens is 463 g/mol. The van der Waals surface area contributed by atoms with Crippen LogP contribution in [-0.2, 0) is 25.7 Å². The van der Waals surface area contributed by atoms with E-state index >= 15 is 0 Å². The SMILES string of the molecule is Cc1cccc(Cn2cnc3sc4c(c3c2=O)CCN(C(=O)c2cccc(C(F)(F)F)c2)C4)c1. The molecule has 9 heteroatoms. The third kappa shape index (κ3) is 4.11. The molecule has 0 unspecified atom stereocenters. The molecule has 0 N–H and O–H groups in total. The maximum Gasteiger partial charge on any atom is 0.416 e. The number of nitrogens with zero attached hydrogens (tertiary/aromatic N) is 3. The largest absolute Gasteiger partial charge is 0.416 e. The van der Waals surface area contributed by atoms with Crippen LogP contribution in [0.3, 0.4) is 0 Å². The molecule has 0 fully saturated rings. The monoisotopic (exact) mass is 483 g/mol. The van der Waals surface area contributed by atoms with Gasteiger partial charge in [0.25, 0.3) is 11.5 Å². The Morgan fingerprint density at radius 2 is 1.94 bits per heavy atom. The number of hydrogen-bond donors (Lipinski definition) is 0. The van der Waals surface area contributed by atoms with E-state index in [1.54, 1.807) is 10.9 Å². The van der Waals surface area contributed by atoms with Crippen LogP contribution in [0.1, 0.15) is 37.5 Å². The summed E-state index contributed by atoms with van der Waals surface area (Å²) >= 11 is 1.36. The van der Waals surface area contributed by atoms with Crippen LogP contribution in [0.25, 0.3) is 10.2 Å². The Bertz CT molecular complexity index is 1470. The van der Waals surface area contributed by atoms with E-state index in [9.17, 15) is 22.8 Å².